The van der Waals surface area contributed by atoms with Gasteiger partial charge in [0.15, 0.2) is 11.7 Å². The number of ether oxygens (including phenoxy) is 1. The average Bonchev–Trinajstić information content (AvgIpc) is 3.07. The van der Waals surface area contributed by atoms with Gasteiger partial charge in [-0.1, -0.05) is 34.8 Å². The highest BCUT2D eigenvalue weighted by molar-refractivity contribution is 7.14. The summed E-state index contributed by atoms with van der Waals surface area (Å²) in [6.07, 6.45) is 1.37. The van der Waals surface area contributed by atoms with Crippen molar-refractivity contribution in [1.82, 2.24) is 9.97 Å². The van der Waals surface area contributed by atoms with E-state index < -0.39 is 18.5 Å². The number of rotatable bonds is 5. The van der Waals surface area contributed by atoms with Crippen molar-refractivity contribution in [3.05, 3.63) is 62.7 Å². The average molecular weight is 443 g/mol. The lowest BCUT2D eigenvalue weighted by Crippen LogP contribution is -2.20. The number of amides is 1. The summed E-state index contributed by atoms with van der Waals surface area (Å²) in [5, 5.41) is 5.79. The van der Waals surface area contributed by atoms with E-state index in [0.29, 0.717) is 26.4 Å². The normalized spacial score (nSPS) is 10.5. The molecule has 0 saturated heterocycles. The number of hydrogen-bond acceptors (Lipinski definition) is 6. The van der Waals surface area contributed by atoms with Crippen LogP contribution < -0.4 is 5.32 Å². The number of halogens is 3. The Bertz CT molecular complexity index is 1010. The van der Waals surface area contributed by atoms with Gasteiger partial charge in [0.05, 0.1) is 16.3 Å². The zero-order valence-electron chi connectivity index (χ0n) is 13.4. The quantitative estimate of drug-likeness (QED) is 0.446. The van der Waals surface area contributed by atoms with Crippen molar-refractivity contribution in [2.75, 3.05) is 11.9 Å². The van der Waals surface area contributed by atoms with E-state index in [2.05, 4.69) is 15.3 Å². The number of benzene rings is 1. The Kier molecular flexibility index (Phi) is 6.28. The topological polar surface area (TPSA) is 81.2 Å². The highest BCUT2D eigenvalue weighted by Gasteiger charge is 2.14. The molecule has 0 atom stereocenters. The number of carbonyl (C=O) groups excluding carboxylic acids is 2. The summed E-state index contributed by atoms with van der Waals surface area (Å²) in [4.78, 5) is 31.9. The van der Waals surface area contributed by atoms with E-state index in [4.69, 9.17) is 39.5 Å². The first kappa shape index (κ1) is 19.6. The SMILES string of the molecule is O=C(COC(=O)c1ccnc(Cl)c1)Nc1nc(-c2ccc(Cl)cc2Cl)cs1. The molecule has 1 N–H and O–H groups in total. The minimum Gasteiger partial charge on any atom is -0.452 e. The van der Waals surface area contributed by atoms with Gasteiger partial charge in [-0.05, 0) is 30.3 Å². The molecule has 0 radical (unpaired) electrons. The van der Waals surface area contributed by atoms with Crippen LogP contribution in [0.1, 0.15) is 10.4 Å². The van der Waals surface area contributed by atoms with Gasteiger partial charge >= 0.3 is 5.97 Å². The van der Waals surface area contributed by atoms with E-state index in [0.717, 1.165) is 0 Å². The summed E-state index contributed by atoms with van der Waals surface area (Å²) < 4.78 is 4.94. The second-order valence-electron chi connectivity index (χ2n) is 5.15. The van der Waals surface area contributed by atoms with E-state index >= 15 is 0 Å². The smallest absolute Gasteiger partial charge is 0.338 e. The Hall–Kier alpha value is -2.19. The molecule has 6 nitrogen and oxygen atoms in total. The Labute approximate surface area is 173 Å². The second-order valence-corrected chi connectivity index (χ2v) is 7.24. The molecule has 1 amide bonds. The first-order valence-electron chi connectivity index (χ1n) is 7.42. The Morgan fingerprint density at radius 3 is 2.70 bits per heavy atom. The molecule has 138 valence electrons. The van der Waals surface area contributed by atoms with Crippen LogP contribution in [0.15, 0.2) is 41.9 Å². The van der Waals surface area contributed by atoms with Crippen molar-refractivity contribution >= 4 is 63.1 Å². The van der Waals surface area contributed by atoms with Crippen LogP contribution in [0.4, 0.5) is 5.13 Å². The van der Waals surface area contributed by atoms with Crippen LogP contribution in [0, 0.1) is 0 Å². The Balaban J connectivity index is 1.58. The molecule has 0 aliphatic heterocycles. The fourth-order valence-electron chi connectivity index (χ4n) is 2.05. The molecule has 2 aromatic heterocycles. The maximum atomic E-state index is 12.0. The van der Waals surface area contributed by atoms with Crippen LogP contribution in [-0.2, 0) is 9.53 Å². The van der Waals surface area contributed by atoms with Crippen molar-refractivity contribution in [2.45, 2.75) is 0 Å². The molecule has 0 saturated carbocycles. The summed E-state index contributed by atoms with van der Waals surface area (Å²) in [7, 11) is 0. The third kappa shape index (κ3) is 5.17. The maximum absolute atomic E-state index is 12.0. The van der Waals surface area contributed by atoms with Gasteiger partial charge < -0.3 is 4.74 Å². The van der Waals surface area contributed by atoms with Crippen molar-refractivity contribution in [3.63, 3.8) is 0 Å². The van der Waals surface area contributed by atoms with Gasteiger partial charge in [0.1, 0.15) is 5.15 Å². The van der Waals surface area contributed by atoms with Gasteiger partial charge in [-0.25, -0.2) is 14.8 Å². The second kappa shape index (κ2) is 8.67. The number of nitrogens with zero attached hydrogens (tertiary/aromatic N) is 2. The molecule has 27 heavy (non-hydrogen) atoms. The van der Waals surface area contributed by atoms with Crippen molar-refractivity contribution in [3.8, 4) is 11.3 Å². The predicted molar refractivity (Wildman–Crippen MR) is 106 cm³/mol. The van der Waals surface area contributed by atoms with Crippen LogP contribution in [0.5, 0.6) is 0 Å². The number of esters is 1. The van der Waals surface area contributed by atoms with E-state index in [1.807, 2.05) is 0 Å². The van der Waals surface area contributed by atoms with Gasteiger partial charge in [-0.3, -0.25) is 10.1 Å². The summed E-state index contributed by atoms with van der Waals surface area (Å²) in [5.74, 6) is -1.20. The van der Waals surface area contributed by atoms with Crippen molar-refractivity contribution in [2.24, 2.45) is 0 Å². The van der Waals surface area contributed by atoms with Crippen molar-refractivity contribution < 1.29 is 14.3 Å². The lowest BCUT2D eigenvalue weighted by atomic mass is 10.2. The van der Waals surface area contributed by atoms with Crippen molar-refractivity contribution in [1.29, 1.82) is 0 Å². The Morgan fingerprint density at radius 1 is 1.15 bits per heavy atom. The number of anilines is 1. The molecule has 3 aromatic rings. The molecule has 1 aromatic carbocycles. The minimum atomic E-state index is -0.678. The summed E-state index contributed by atoms with van der Waals surface area (Å²) in [6, 6.07) is 7.85. The molecule has 10 heteroatoms. The molecule has 0 fully saturated rings. The number of thiazole rings is 1. The fraction of sp³-hybridized carbons (Fsp3) is 0.0588. The predicted octanol–water partition coefficient (Wildman–Crippen LogP) is 4.96. The third-order valence-corrected chi connectivity index (χ3v) is 4.77. The van der Waals surface area contributed by atoms with E-state index in [1.54, 1.807) is 23.6 Å². The van der Waals surface area contributed by atoms with Gasteiger partial charge in [0.2, 0.25) is 0 Å². The first-order valence-corrected chi connectivity index (χ1v) is 9.43. The van der Waals surface area contributed by atoms with Crippen LogP contribution in [0.25, 0.3) is 11.3 Å². The van der Waals surface area contributed by atoms with E-state index in [9.17, 15) is 9.59 Å². The largest absolute Gasteiger partial charge is 0.452 e. The van der Waals surface area contributed by atoms with E-state index in [1.165, 1.54) is 29.7 Å². The molecular formula is C17H10Cl3N3O3S. The minimum absolute atomic E-state index is 0.157. The lowest BCUT2D eigenvalue weighted by Gasteiger charge is -2.05. The molecular weight excluding hydrogens is 433 g/mol. The number of hydrogen-bond donors (Lipinski definition) is 1. The molecule has 0 aliphatic carbocycles. The molecule has 2 heterocycles. The first-order chi connectivity index (χ1) is 12.9. The van der Waals surface area contributed by atoms with Gasteiger partial charge in [-0.15, -0.1) is 11.3 Å². The highest BCUT2D eigenvalue weighted by Crippen LogP contribution is 2.32. The fourth-order valence-corrected chi connectivity index (χ4v) is 3.46. The van der Waals surface area contributed by atoms with Gasteiger partial charge in [0.25, 0.3) is 5.91 Å². The van der Waals surface area contributed by atoms with Gasteiger partial charge in [0, 0.05) is 22.2 Å². The number of carbonyl (C=O) groups is 2. The maximum Gasteiger partial charge on any atom is 0.338 e. The number of pyridine rings is 1. The van der Waals surface area contributed by atoms with Crippen LogP contribution in [0.2, 0.25) is 15.2 Å². The molecule has 0 unspecified atom stereocenters. The molecule has 0 spiro atoms. The number of nitrogens with one attached hydrogen (secondary N) is 1. The highest BCUT2D eigenvalue weighted by atomic mass is 35.5. The van der Waals surface area contributed by atoms with Gasteiger partial charge in [-0.2, -0.15) is 0 Å². The Morgan fingerprint density at radius 2 is 1.96 bits per heavy atom. The van der Waals surface area contributed by atoms with Crippen LogP contribution >= 0.6 is 46.1 Å². The summed E-state index contributed by atoms with van der Waals surface area (Å²) in [5.41, 5.74) is 1.50. The van der Waals surface area contributed by atoms with Crippen LogP contribution in [0.3, 0.4) is 0 Å². The third-order valence-electron chi connectivity index (χ3n) is 3.25. The van der Waals surface area contributed by atoms with Crippen LogP contribution in [-0.4, -0.2) is 28.5 Å². The number of aromatic nitrogens is 2. The molecule has 0 aliphatic rings. The molecule has 3 rings (SSSR count). The lowest BCUT2D eigenvalue weighted by molar-refractivity contribution is -0.119. The zero-order valence-corrected chi connectivity index (χ0v) is 16.5. The summed E-state index contributed by atoms with van der Waals surface area (Å²) >= 11 is 19.0. The molecule has 0 bridgehead atoms. The zero-order chi connectivity index (χ0) is 19.4. The summed E-state index contributed by atoms with van der Waals surface area (Å²) in [6.45, 7) is -0.463. The monoisotopic (exact) mass is 441 g/mol. The standard InChI is InChI=1S/C17H10Cl3N3O3S/c18-10-1-2-11(12(19)6-10)13-8-27-17(22-13)23-15(24)7-26-16(25)9-3-4-21-14(20)5-9/h1-6,8H,7H2,(H,22,23,24). The van der Waals surface area contributed by atoms with E-state index in [-0.39, 0.29) is 10.7 Å².